The van der Waals surface area contributed by atoms with Crippen LogP contribution in [0.5, 0.6) is 0 Å². The largest absolute Gasteiger partial charge is 0.460 e. The summed E-state index contributed by atoms with van der Waals surface area (Å²) in [4.78, 5) is 12.4. The molecule has 0 saturated carbocycles. The summed E-state index contributed by atoms with van der Waals surface area (Å²) in [5.41, 5.74) is 1.22. The summed E-state index contributed by atoms with van der Waals surface area (Å²) in [5.74, 6) is -0.440. The molecular weight excluding hydrogens is 276 g/mol. The molecule has 1 N–H and O–H groups in total. The predicted octanol–water partition coefficient (Wildman–Crippen LogP) is 3.79. The molecule has 3 rings (SSSR count). The van der Waals surface area contributed by atoms with Crippen LogP contribution in [0.4, 0.5) is 0 Å². The van der Waals surface area contributed by atoms with Crippen LogP contribution >= 0.6 is 0 Å². The Hall–Kier alpha value is -2.65. The lowest BCUT2D eigenvalue weighted by molar-refractivity contribution is 0.0436. The van der Waals surface area contributed by atoms with Crippen LogP contribution in [0, 0.1) is 0 Å². The van der Waals surface area contributed by atoms with Gasteiger partial charge in [-0.2, -0.15) is 0 Å². The molecule has 3 heteroatoms. The molecule has 0 bridgehead atoms. The van der Waals surface area contributed by atoms with Gasteiger partial charge in [-0.15, -0.1) is 0 Å². The summed E-state index contributed by atoms with van der Waals surface area (Å²) in [7, 11) is 0. The summed E-state index contributed by atoms with van der Waals surface area (Å²) >= 11 is 0. The highest BCUT2D eigenvalue weighted by Gasteiger charge is 2.16. The van der Waals surface area contributed by atoms with Gasteiger partial charge in [0.15, 0.2) is 0 Å². The monoisotopic (exact) mass is 292 g/mol. The van der Waals surface area contributed by atoms with Crippen molar-refractivity contribution in [1.82, 2.24) is 0 Å². The molecule has 0 aliphatic heterocycles. The molecule has 3 aromatic carbocycles. The Kier molecular flexibility index (Phi) is 3.90. The van der Waals surface area contributed by atoms with Crippen LogP contribution in [-0.2, 0) is 4.74 Å². The molecular formula is C19H16O3. The number of carbonyl (C=O) groups excluding carboxylic acids is 1. The Labute approximate surface area is 128 Å². The molecule has 0 aromatic heterocycles. The van der Waals surface area contributed by atoms with Crippen molar-refractivity contribution in [1.29, 1.82) is 0 Å². The van der Waals surface area contributed by atoms with Gasteiger partial charge in [-0.05, 0) is 39.2 Å². The second-order valence-corrected chi connectivity index (χ2v) is 5.01. The molecule has 0 saturated heterocycles. The third kappa shape index (κ3) is 2.47. The van der Waals surface area contributed by atoms with Crippen molar-refractivity contribution in [2.24, 2.45) is 0 Å². The maximum atomic E-state index is 12.4. The Morgan fingerprint density at radius 2 is 1.82 bits per heavy atom. The summed E-state index contributed by atoms with van der Waals surface area (Å²) in [6, 6.07) is 15.9. The van der Waals surface area contributed by atoms with Crippen molar-refractivity contribution in [3.63, 3.8) is 0 Å². The Balaban J connectivity index is 2.28. The van der Waals surface area contributed by atoms with Gasteiger partial charge >= 0.3 is 5.97 Å². The molecule has 22 heavy (non-hydrogen) atoms. The van der Waals surface area contributed by atoms with Gasteiger partial charge in [0.1, 0.15) is 6.61 Å². The van der Waals surface area contributed by atoms with Gasteiger partial charge in [0.25, 0.3) is 0 Å². The van der Waals surface area contributed by atoms with Crippen LogP contribution < -0.4 is 0 Å². The van der Waals surface area contributed by atoms with Crippen molar-refractivity contribution < 1.29 is 14.6 Å². The fourth-order valence-electron chi connectivity index (χ4n) is 2.64. The minimum atomic E-state index is -0.440. The lowest BCUT2D eigenvalue weighted by Crippen LogP contribution is -2.10. The van der Waals surface area contributed by atoms with Crippen LogP contribution in [0.25, 0.3) is 27.6 Å². The van der Waals surface area contributed by atoms with Gasteiger partial charge in [0, 0.05) is 0 Å². The average Bonchev–Trinajstić information content (AvgIpc) is 2.56. The van der Waals surface area contributed by atoms with E-state index in [2.05, 4.69) is 12.6 Å². The van der Waals surface area contributed by atoms with E-state index in [0.29, 0.717) is 5.56 Å². The quantitative estimate of drug-likeness (QED) is 0.588. The molecule has 0 unspecified atom stereocenters. The lowest BCUT2D eigenvalue weighted by atomic mass is 9.96. The second-order valence-electron chi connectivity index (χ2n) is 5.01. The number of fused-ring (bicyclic) bond motifs is 2. The lowest BCUT2D eigenvalue weighted by Gasteiger charge is -2.11. The molecule has 0 amide bonds. The van der Waals surface area contributed by atoms with Crippen molar-refractivity contribution >= 4 is 33.6 Å². The topological polar surface area (TPSA) is 46.5 Å². The van der Waals surface area contributed by atoms with Crippen LogP contribution in [-0.4, -0.2) is 24.3 Å². The third-order valence-electron chi connectivity index (χ3n) is 3.67. The molecule has 110 valence electrons. The number of hydrogen-bond acceptors (Lipinski definition) is 3. The van der Waals surface area contributed by atoms with Gasteiger partial charge in [0.05, 0.1) is 12.2 Å². The van der Waals surface area contributed by atoms with E-state index in [0.717, 1.165) is 27.1 Å². The van der Waals surface area contributed by atoms with E-state index in [9.17, 15) is 4.79 Å². The van der Waals surface area contributed by atoms with Crippen LogP contribution in [0.1, 0.15) is 15.9 Å². The Bertz CT molecular complexity index is 865. The number of aliphatic hydroxyl groups excluding tert-OH is 1. The van der Waals surface area contributed by atoms with Gasteiger partial charge in [-0.3, -0.25) is 0 Å². The van der Waals surface area contributed by atoms with Gasteiger partial charge in [-0.1, -0.05) is 49.1 Å². The van der Waals surface area contributed by atoms with E-state index in [1.165, 1.54) is 0 Å². The highest BCUT2D eigenvalue weighted by molar-refractivity contribution is 6.11. The van der Waals surface area contributed by atoms with E-state index in [-0.39, 0.29) is 13.2 Å². The van der Waals surface area contributed by atoms with Crippen LogP contribution in [0.15, 0.2) is 55.1 Å². The molecule has 0 heterocycles. The zero-order chi connectivity index (χ0) is 15.5. The first kappa shape index (κ1) is 14.3. The maximum Gasteiger partial charge on any atom is 0.339 e. The molecule has 0 spiro atoms. The van der Waals surface area contributed by atoms with Crippen LogP contribution in [0.2, 0.25) is 0 Å². The second kappa shape index (κ2) is 6.00. The van der Waals surface area contributed by atoms with Crippen molar-refractivity contribution in [2.75, 3.05) is 13.2 Å². The zero-order valence-corrected chi connectivity index (χ0v) is 12.1. The average molecular weight is 292 g/mol. The fourth-order valence-corrected chi connectivity index (χ4v) is 2.64. The molecule has 0 aliphatic rings. The fraction of sp³-hybridized carbons (Fsp3) is 0.105. The minimum Gasteiger partial charge on any atom is -0.460 e. The Morgan fingerprint density at radius 3 is 2.50 bits per heavy atom. The van der Waals surface area contributed by atoms with Crippen molar-refractivity contribution in [3.05, 3.63) is 66.2 Å². The summed E-state index contributed by atoms with van der Waals surface area (Å²) < 4.78 is 5.10. The van der Waals surface area contributed by atoms with E-state index >= 15 is 0 Å². The number of esters is 1. The third-order valence-corrected chi connectivity index (χ3v) is 3.67. The summed E-state index contributed by atoms with van der Waals surface area (Å²) in [5, 5.41) is 12.8. The minimum absolute atomic E-state index is 0.0145. The van der Waals surface area contributed by atoms with Crippen LogP contribution in [0.3, 0.4) is 0 Å². The van der Waals surface area contributed by atoms with Gasteiger partial charge in [0.2, 0.25) is 0 Å². The molecule has 0 atom stereocenters. The van der Waals surface area contributed by atoms with E-state index in [1.807, 2.05) is 42.5 Å². The van der Waals surface area contributed by atoms with E-state index in [1.54, 1.807) is 6.08 Å². The van der Waals surface area contributed by atoms with Crippen molar-refractivity contribution in [2.45, 2.75) is 0 Å². The Morgan fingerprint density at radius 1 is 1.09 bits per heavy atom. The molecule has 0 radical (unpaired) electrons. The smallest absolute Gasteiger partial charge is 0.339 e. The summed E-state index contributed by atoms with van der Waals surface area (Å²) in [6.45, 7) is 3.56. The first-order valence-corrected chi connectivity index (χ1v) is 7.10. The number of hydrogen-bond donors (Lipinski definition) is 1. The normalized spacial score (nSPS) is 10.8. The van der Waals surface area contributed by atoms with E-state index < -0.39 is 5.97 Å². The highest BCUT2D eigenvalue weighted by Crippen LogP contribution is 2.28. The predicted molar refractivity (Wildman–Crippen MR) is 88.9 cm³/mol. The summed E-state index contributed by atoms with van der Waals surface area (Å²) in [6.07, 6.45) is 1.64. The zero-order valence-electron chi connectivity index (χ0n) is 12.1. The molecule has 3 nitrogen and oxygen atoms in total. The number of aliphatic hydroxyl groups is 1. The molecule has 0 fully saturated rings. The molecule has 0 aliphatic carbocycles. The van der Waals surface area contributed by atoms with Crippen molar-refractivity contribution in [3.8, 4) is 0 Å². The first-order chi connectivity index (χ1) is 10.7. The molecule has 3 aromatic rings. The standard InChI is InChI=1S/C19H16O3/c1-2-13-7-8-16-11-14-5-3-4-6-15(14)12-17(16)18(13)19(21)22-10-9-20/h2-8,11-12,20H,1,9-10H2. The number of benzene rings is 3. The van der Waals surface area contributed by atoms with Gasteiger partial charge < -0.3 is 9.84 Å². The van der Waals surface area contributed by atoms with Gasteiger partial charge in [-0.25, -0.2) is 4.79 Å². The first-order valence-electron chi connectivity index (χ1n) is 7.10. The SMILES string of the molecule is C=Cc1ccc2cc3ccccc3cc2c1C(=O)OCCO. The number of carbonyl (C=O) groups is 1. The van der Waals surface area contributed by atoms with E-state index in [4.69, 9.17) is 9.84 Å². The number of rotatable bonds is 4. The number of ether oxygens (including phenoxy) is 1. The highest BCUT2D eigenvalue weighted by atomic mass is 16.5. The maximum absolute atomic E-state index is 12.4.